The van der Waals surface area contributed by atoms with E-state index < -0.39 is 0 Å². The minimum Gasteiger partial charge on any atom is -0.381 e. The Hall–Kier alpha value is -14.1. The molecular formula is C107H125N29O7S. The van der Waals surface area contributed by atoms with Crippen LogP contribution in [0.1, 0.15) is 188 Å². The first-order chi connectivity index (χ1) is 70.4. The minimum atomic E-state index is 0.0624. The highest BCUT2D eigenvalue weighted by Gasteiger charge is 2.42. The van der Waals surface area contributed by atoms with Crippen LogP contribution < -0.4 is 34.7 Å². The van der Waals surface area contributed by atoms with Crippen molar-refractivity contribution in [1.29, 1.82) is 5.26 Å². The number of aryl methyl sites for hydroxylation is 7. The summed E-state index contributed by atoms with van der Waals surface area (Å²) in [6.07, 6.45) is 35.6. The summed E-state index contributed by atoms with van der Waals surface area (Å²) in [7, 11) is 7.75. The number of nitrogens with one attached hydrogen (secondary N) is 1. The number of amides is 3. The third-order valence-electron chi connectivity index (χ3n) is 31.1. The van der Waals surface area contributed by atoms with Gasteiger partial charge in [0.15, 0.2) is 29.1 Å². The number of ether oxygens (including phenoxy) is 3. The second-order valence-corrected chi connectivity index (χ2v) is 41.4. The Morgan fingerprint density at radius 2 is 0.868 bits per heavy atom. The molecule has 2 unspecified atom stereocenters. The van der Waals surface area contributed by atoms with E-state index in [0.717, 1.165) is 293 Å². The van der Waals surface area contributed by atoms with Crippen molar-refractivity contribution in [2.75, 3.05) is 128 Å². The molecule has 4 aromatic carbocycles. The van der Waals surface area contributed by atoms with Crippen LogP contribution in [0.5, 0.6) is 0 Å². The van der Waals surface area contributed by atoms with Gasteiger partial charge in [0.1, 0.15) is 11.8 Å². The van der Waals surface area contributed by atoms with E-state index in [1.807, 2.05) is 107 Å². The maximum atomic E-state index is 12.3. The van der Waals surface area contributed by atoms with E-state index in [1.54, 1.807) is 36.1 Å². The van der Waals surface area contributed by atoms with Gasteiger partial charge in [0, 0.05) is 299 Å². The van der Waals surface area contributed by atoms with Gasteiger partial charge in [-0.3, -0.25) is 51.8 Å². The number of hydrogen-bond acceptors (Lipinski definition) is 26. The molecule has 144 heavy (non-hydrogen) atoms. The smallest absolute Gasteiger partial charge is 0.222 e. The van der Waals surface area contributed by atoms with Crippen molar-refractivity contribution in [1.82, 2.24) is 109 Å². The minimum absolute atomic E-state index is 0.0624. The first-order valence-electron chi connectivity index (χ1n) is 51.5. The summed E-state index contributed by atoms with van der Waals surface area (Å²) in [6.45, 7) is 20.7. The molecule has 0 spiro atoms. The van der Waals surface area contributed by atoms with Gasteiger partial charge in [0.25, 0.3) is 0 Å². The molecule has 36 nitrogen and oxygen atoms in total. The lowest BCUT2D eigenvalue weighted by Gasteiger charge is -2.35. The zero-order chi connectivity index (χ0) is 97.9. The molecule has 10 aromatic heterocycles. The van der Waals surface area contributed by atoms with Crippen LogP contribution in [0.25, 0.3) is 44.5 Å². The Bertz CT molecular complexity index is 6890. The Labute approximate surface area is 841 Å². The summed E-state index contributed by atoms with van der Waals surface area (Å²) < 4.78 is 38.5. The lowest BCUT2D eigenvalue weighted by atomic mass is 9.89. The maximum absolute atomic E-state index is 12.3. The van der Waals surface area contributed by atoms with Crippen molar-refractivity contribution in [3.63, 3.8) is 0 Å². The molecule has 0 saturated carbocycles. The van der Waals surface area contributed by atoms with E-state index in [9.17, 15) is 19.6 Å². The predicted octanol–water partition coefficient (Wildman–Crippen LogP) is 14.9. The van der Waals surface area contributed by atoms with Gasteiger partial charge in [-0.25, -0.2) is 0 Å². The second-order valence-electron chi connectivity index (χ2n) is 40.6. The van der Waals surface area contributed by atoms with E-state index in [1.165, 1.54) is 89.9 Å². The number of carbonyl (C=O) groups is 3. The molecule has 0 aliphatic carbocycles. The summed E-state index contributed by atoms with van der Waals surface area (Å²) in [6, 6.07) is 30.0. The number of benzene rings is 4. The highest BCUT2D eigenvalue weighted by Crippen LogP contribution is 2.49. The third-order valence-corrected chi connectivity index (χ3v) is 31.9. The second kappa shape index (κ2) is 40.3. The number of nitriles is 1. The fraction of sp³-hybridized carbons (Fsp3) is 0.467. The summed E-state index contributed by atoms with van der Waals surface area (Å²) in [5.41, 5.74) is 31.5. The van der Waals surface area contributed by atoms with Crippen LogP contribution >= 0.6 is 11.3 Å². The Morgan fingerprint density at radius 1 is 0.444 bits per heavy atom. The van der Waals surface area contributed by atoms with Crippen molar-refractivity contribution in [2.24, 2.45) is 34.1 Å². The van der Waals surface area contributed by atoms with Crippen LogP contribution in [-0.2, 0) is 134 Å². The molecule has 26 rings (SSSR count). The van der Waals surface area contributed by atoms with E-state index in [0.29, 0.717) is 62.2 Å². The molecule has 12 aliphatic rings. The van der Waals surface area contributed by atoms with E-state index in [-0.39, 0.29) is 23.8 Å². The zero-order valence-corrected chi connectivity index (χ0v) is 84.1. The molecule has 4 saturated heterocycles. The summed E-state index contributed by atoms with van der Waals surface area (Å²) in [5, 5.41) is 65.1. The van der Waals surface area contributed by atoms with Gasteiger partial charge in [0.05, 0.1) is 86.8 Å². The lowest BCUT2D eigenvalue weighted by Crippen LogP contribution is -2.37. The molecule has 0 radical (unpaired) electrons. The van der Waals surface area contributed by atoms with Crippen LogP contribution in [0, 0.1) is 17.2 Å². The van der Waals surface area contributed by atoms with Crippen LogP contribution in [0.15, 0.2) is 139 Å². The molecule has 1 N–H and O–H groups in total. The first-order valence-corrected chi connectivity index (χ1v) is 52.4. The fourth-order valence-electron chi connectivity index (χ4n) is 23.8. The summed E-state index contributed by atoms with van der Waals surface area (Å²) in [4.78, 5) is 54.8. The molecule has 37 heteroatoms. The van der Waals surface area contributed by atoms with E-state index in [4.69, 9.17) is 39.1 Å². The number of fused-ring (bicyclic) bond motifs is 8. The zero-order valence-electron chi connectivity index (χ0n) is 83.2. The summed E-state index contributed by atoms with van der Waals surface area (Å²) in [5.74, 6) is 5.65. The predicted molar refractivity (Wildman–Crippen MR) is 548 cm³/mol. The van der Waals surface area contributed by atoms with Crippen molar-refractivity contribution >= 4 is 86.0 Å². The van der Waals surface area contributed by atoms with Gasteiger partial charge in [-0.2, -0.15) is 46.1 Å². The third kappa shape index (κ3) is 18.6. The fourth-order valence-corrected chi connectivity index (χ4v) is 24.4. The summed E-state index contributed by atoms with van der Waals surface area (Å²) >= 11 is 1.61. The quantitative estimate of drug-likeness (QED) is 0.106. The highest BCUT2D eigenvalue weighted by molar-refractivity contribution is 7.13. The van der Waals surface area contributed by atoms with Crippen LogP contribution in [0.3, 0.4) is 0 Å². The molecular weight excluding hydrogens is 1840 g/mol. The van der Waals surface area contributed by atoms with Gasteiger partial charge in [0.2, 0.25) is 22.9 Å². The normalized spacial score (nSPS) is 19.1. The number of carbonyl (C=O) groups excluding carboxylic acids is 3. The molecule has 3 amide bonds. The molecule has 746 valence electrons. The Morgan fingerprint density at radius 3 is 1.28 bits per heavy atom. The number of anilines is 10. The van der Waals surface area contributed by atoms with Gasteiger partial charge >= 0.3 is 0 Å². The van der Waals surface area contributed by atoms with Crippen LogP contribution in [0.4, 0.5) is 57.0 Å². The average Bonchev–Trinajstić information content (AvgIpc) is 1.58. The van der Waals surface area contributed by atoms with Crippen molar-refractivity contribution < 1.29 is 33.1 Å². The topological polar surface area (TPSA) is 335 Å². The Kier molecular flexibility index (Phi) is 26.1. The van der Waals surface area contributed by atoms with Gasteiger partial charge < -0.3 is 63.2 Å². The lowest BCUT2D eigenvalue weighted by molar-refractivity contribution is -0.130. The van der Waals surface area contributed by atoms with Gasteiger partial charge in [-0.15, -0.1) is 10.2 Å². The van der Waals surface area contributed by atoms with Crippen molar-refractivity contribution in [3.8, 4) is 50.6 Å². The maximum Gasteiger partial charge on any atom is 0.222 e. The number of hydrogen-bond donors (Lipinski definition) is 1. The van der Waals surface area contributed by atoms with E-state index in [2.05, 4.69) is 175 Å². The molecule has 4 fully saturated rings. The standard InChI is InChI=1S/C28H33N7O2.C27H31N7O2.C26H30N8OS.C26H31N7O2/c1-18-10-20-11-24(22-14-30-32(3)16-22)21(13-29)12-27(20)34(15-18)28-25-17-33(19(2)36)7-4-26(25)35(31-28)23-5-8-37-9-6-23;1-31-17-21(16-28-31)19-4-5-24-20(15-19)3-2-10-33(24)27-23-18-32(26-9-14-36-30-26)11-6-25(23)34(29-27)22-7-12-35-13-8-22;1-31-15-20(14-28-31)18-4-5-23-19(13-18)3-2-9-33(23)25-22-16-32(26-29-27-17-36-26)10-6-24(22)34(30-25)21-7-11-35-12-8-21;1-17(34)31-11-8-24-22(16-31)26(29-33(24)21-7-9-27-25(35)13-21)32-10-3-4-19-12-18(5-6-23(19)32)20-14-28-30(2)15-20/h11-12,14,16,18,23H,4-10,15,17H2,1-3H3;4-5,9,14-17,22H,2-3,6-8,10-13,18H2,1H3;4-5,13-15,17,21H,2-3,6-12,16H2,1H3;5-6,12,14-15,21H,3-4,7-11,13,16H2,1-2H3,(H,27,35). The Balaban J connectivity index is 0.000000106. The highest BCUT2D eigenvalue weighted by atomic mass is 32.1. The molecule has 0 bridgehead atoms. The molecule has 2 atom stereocenters. The van der Waals surface area contributed by atoms with Gasteiger partial charge in [-0.1, -0.05) is 41.6 Å². The van der Waals surface area contributed by atoms with Crippen LogP contribution in [0.2, 0.25) is 0 Å². The van der Waals surface area contributed by atoms with Crippen molar-refractivity contribution in [3.05, 3.63) is 207 Å². The molecule has 12 aliphatic heterocycles. The largest absolute Gasteiger partial charge is 0.381 e. The SMILES string of the molecule is CC(=O)N1CCc2c(c(N3CC(C)Cc4cc(-c5cnn(C)c5)c(C#N)cc43)nn2C2CCOCC2)C1.CC(=O)N1CCc2c(c(N3CCCc4cc(-c5cnn(C)c5)ccc43)nn2C2CCNC(=O)C2)C1.Cn1cc(-c2ccc3c(c2)CCCN3c2nn(C3CCOCC3)c3c2CN(c2ccon2)CC3)cn1.Cn1cc(-c2ccc3c(c2)CCCN3c2nn(C3CCOCC3)c3c2CN(c2nncs2)CC3)cn1. The molecule has 22 heterocycles. The monoisotopic (exact) mass is 1960 g/mol. The van der Waals surface area contributed by atoms with E-state index >= 15 is 0 Å². The number of rotatable bonds is 14. The van der Waals surface area contributed by atoms with Gasteiger partial charge in [-0.05, 0) is 183 Å². The van der Waals surface area contributed by atoms with Crippen LogP contribution in [-0.4, -0.2) is 220 Å². The van der Waals surface area contributed by atoms with Crippen molar-refractivity contribution in [2.45, 2.75) is 193 Å². The number of piperidine rings is 1. The average molecular weight is 1960 g/mol. The number of aromatic nitrogens is 19. The molecule has 14 aromatic rings. The first kappa shape index (κ1) is 93.5. The number of nitrogens with zero attached hydrogens (tertiary/aromatic N) is 28.